The molecule has 3 rings (SSSR count). The Labute approximate surface area is 157 Å². The number of carbonyl (C=O) groups is 2. The average molecular weight is 373 g/mol. The maximum Gasteiger partial charge on any atom is 0.307 e. The van der Waals surface area contributed by atoms with Crippen LogP contribution in [-0.2, 0) is 9.59 Å². The van der Waals surface area contributed by atoms with Crippen molar-refractivity contribution in [3.63, 3.8) is 0 Å². The number of amides is 1. The lowest BCUT2D eigenvalue weighted by atomic mass is 9.93. The van der Waals surface area contributed by atoms with Gasteiger partial charge in [0.2, 0.25) is 5.91 Å². The molecule has 0 radical (unpaired) electrons. The number of aromatic nitrogens is 2. The number of carboxylic acid groups (broad SMARTS) is 1. The summed E-state index contributed by atoms with van der Waals surface area (Å²) in [6, 6.07) is 6.02. The Morgan fingerprint density at radius 2 is 2.00 bits per heavy atom. The van der Waals surface area contributed by atoms with Crippen molar-refractivity contribution >= 4 is 11.9 Å². The van der Waals surface area contributed by atoms with Crippen LogP contribution in [0.15, 0.2) is 30.5 Å². The van der Waals surface area contributed by atoms with E-state index in [2.05, 4.69) is 15.5 Å². The van der Waals surface area contributed by atoms with E-state index in [0.29, 0.717) is 36.1 Å². The summed E-state index contributed by atoms with van der Waals surface area (Å²) in [6.45, 7) is 3.83. The SMILES string of the molecule is CC(C)c1ccc(C(NC(=O)C2CCCC2C(=O)O)c2ccn[nH]2)cc1F. The zero-order valence-electron chi connectivity index (χ0n) is 15.4. The lowest BCUT2D eigenvalue weighted by Crippen LogP contribution is -2.38. The Morgan fingerprint density at radius 1 is 1.26 bits per heavy atom. The zero-order chi connectivity index (χ0) is 19.6. The molecule has 7 heteroatoms. The highest BCUT2D eigenvalue weighted by molar-refractivity contribution is 5.85. The first-order valence-corrected chi connectivity index (χ1v) is 9.20. The Kier molecular flexibility index (Phi) is 5.58. The van der Waals surface area contributed by atoms with Crippen molar-refractivity contribution in [1.82, 2.24) is 15.5 Å². The summed E-state index contributed by atoms with van der Waals surface area (Å²) in [4.78, 5) is 24.2. The highest BCUT2D eigenvalue weighted by Gasteiger charge is 2.38. The fraction of sp³-hybridized carbons (Fsp3) is 0.450. The third-order valence-corrected chi connectivity index (χ3v) is 5.27. The van der Waals surface area contributed by atoms with E-state index < -0.39 is 23.8 Å². The van der Waals surface area contributed by atoms with Crippen LogP contribution in [0.3, 0.4) is 0 Å². The molecular weight excluding hydrogens is 349 g/mol. The van der Waals surface area contributed by atoms with Crippen molar-refractivity contribution in [2.45, 2.75) is 45.1 Å². The molecule has 1 fully saturated rings. The first-order valence-electron chi connectivity index (χ1n) is 9.20. The van der Waals surface area contributed by atoms with Crippen molar-refractivity contribution in [2.24, 2.45) is 11.8 Å². The molecule has 1 heterocycles. The topological polar surface area (TPSA) is 95.1 Å². The molecule has 144 valence electrons. The Balaban J connectivity index is 1.88. The van der Waals surface area contributed by atoms with Crippen molar-refractivity contribution in [1.29, 1.82) is 0 Å². The molecule has 0 saturated heterocycles. The molecule has 6 nitrogen and oxygen atoms in total. The average Bonchev–Trinajstić information content (AvgIpc) is 3.30. The van der Waals surface area contributed by atoms with E-state index in [1.54, 1.807) is 24.4 Å². The molecular formula is C20H24FN3O3. The molecule has 1 aliphatic rings. The van der Waals surface area contributed by atoms with Crippen LogP contribution in [0.25, 0.3) is 0 Å². The third kappa shape index (κ3) is 4.02. The fourth-order valence-corrected chi connectivity index (χ4v) is 3.78. The monoisotopic (exact) mass is 373 g/mol. The highest BCUT2D eigenvalue weighted by atomic mass is 19.1. The largest absolute Gasteiger partial charge is 0.481 e. The second kappa shape index (κ2) is 7.90. The van der Waals surface area contributed by atoms with Crippen LogP contribution < -0.4 is 5.32 Å². The standard InChI is InChI=1S/C20H24FN3O3/c1-11(2)13-7-6-12(10-16(13)21)18(17-8-9-22-24-17)23-19(25)14-4-3-5-15(14)20(26)27/h6-11,14-15,18H,3-5H2,1-2H3,(H,22,24)(H,23,25)(H,26,27). The van der Waals surface area contributed by atoms with Crippen LogP contribution >= 0.6 is 0 Å². The molecule has 1 aliphatic carbocycles. The first-order chi connectivity index (χ1) is 12.9. The third-order valence-electron chi connectivity index (χ3n) is 5.27. The van der Waals surface area contributed by atoms with Gasteiger partial charge in [-0.05, 0) is 42.0 Å². The fourth-order valence-electron chi connectivity index (χ4n) is 3.78. The minimum absolute atomic E-state index is 0.0501. The van der Waals surface area contributed by atoms with Gasteiger partial charge in [-0.1, -0.05) is 32.4 Å². The van der Waals surface area contributed by atoms with Crippen molar-refractivity contribution in [2.75, 3.05) is 0 Å². The maximum atomic E-state index is 14.5. The number of hydrogen-bond donors (Lipinski definition) is 3. The minimum atomic E-state index is -0.946. The number of nitrogens with one attached hydrogen (secondary N) is 2. The summed E-state index contributed by atoms with van der Waals surface area (Å²) in [5, 5.41) is 19.0. The summed E-state index contributed by atoms with van der Waals surface area (Å²) in [5.41, 5.74) is 1.81. The molecule has 27 heavy (non-hydrogen) atoms. The highest BCUT2D eigenvalue weighted by Crippen LogP contribution is 2.33. The van der Waals surface area contributed by atoms with Crippen LogP contribution in [0.4, 0.5) is 4.39 Å². The molecule has 1 saturated carbocycles. The van der Waals surface area contributed by atoms with Gasteiger partial charge in [-0.25, -0.2) is 4.39 Å². The minimum Gasteiger partial charge on any atom is -0.481 e. The van der Waals surface area contributed by atoms with Gasteiger partial charge in [-0.3, -0.25) is 14.7 Å². The van der Waals surface area contributed by atoms with Gasteiger partial charge in [0.1, 0.15) is 5.82 Å². The van der Waals surface area contributed by atoms with Crippen LogP contribution in [0.1, 0.15) is 61.9 Å². The molecule has 2 aromatic rings. The van der Waals surface area contributed by atoms with Gasteiger partial charge >= 0.3 is 5.97 Å². The summed E-state index contributed by atoms with van der Waals surface area (Å²) in [5.74, 6) is -2.80. The van der Waals surface area contributed by atoms with E-state index in [1.165, 1.54) is 6.07 Å². The van der Waals surface area contributed by atoms with Crippen molar-refractivity contribution < 1.29 is 19.1 Å². The zero-order valence-corrected chi connectivity index (χ0v) is 15.4. The Bertz CT molecular complexity index is 820. The van der Waals surface area contributed by atoms with E-state index in [-0.39, 0.29) is 17.6 Å². The van der Waals surface area contributed by atoms with Crippen LogP contribution in [-0.4, -0.2) is 27.2 Å². The molecule has 3 atom stereocenters. The van der Waals surface area contributed by atoms with E-state index in [0.717, 1.165) is 0 Å². The number of carboxylic acids is 1. The lowest BCUT2D eigenvalue weighted by molar-refractivity contribution is -0.146. The smallest absolute Gasteiger partial charge is 0.307 e. The Morgan fingerprint density at radius 3 is 2.59 bits per heavy atom. The van der Waals surface area contributed by atoms with Crippen LogP contribution in [0, 0.1) is 17.7 Å². The van der Waals surface area contributed by atoms with Gasteiger partial charge < -0.3 is 10.4 Å². The second-order valence-electron chi connectivity index (χ2n) is 7.37. The predicted molar refractivity (Wildman–Crippen MR) is 97.5 cm³/mol. The van der Waals surface area contributed by atoms with Gasteiger partial charge in [-0.2, -0.15) is 5.10 Å². The predicted octanol–water partition coefficient (Wildman–Crippen LogP) is 3.38. The van der Waals surface area contributed by atoms with Crippen LogP contribution in [0.2, 0.25) is 0 Å². The Hall–Kier alpha value is -2.70. The number of nitrogens with zero attached hydrogens (tertiary/aromatic N) is 1. The molecule has 3 unspecified atom stereocenters. The summed E-state index contributed by atoms with van der Waals surface area (Å²) in [6.07, 6.45) is 3.31. The van der Waals surface area contributed by atoms with E-state index >= 15 is 0 Å². The van der Waals surface area contributed by atoms with Gasteiger partial charge in [0, 0.05) is 6.20 Å². The number of carbonyl (C=O) groups excluding carboxylic acids is 1. The van der Waals surface area contributed by atoms with Gasteiger partial charge in [0.05, 0.1) is 23.6 Å². The van der Waals surface area contributed by atoms with E-state index in [9.17, 15) is 19.1 Å². The van der Waals surface area contributed by atoms with Crippen LogP contribution in [0.5, 0.6) is 0 Å². The molecule has 3 N–H and O–H groups in total. The van der Waals surface area contributed by atoms with Gasteiger partial charge in [0.25, 0.3) is 0 Å². The molecule has 0 spiro atoms. The quantitative estimate of drug-likeness (QED) is 0.723. The molecule has 1 aromatic carbocycles. The maximum absolute atomic E-state index is 14.5. The number of halogens is 1. The normalized spacial score (nSPS) is 20.6. The molecule has 0 bridgehead atoms. The molecule has 1 amide bonds. The number of benzene rings is 1. The summed E-state index contributed by atoms with van der Waals surface area (Å²) < 4.78 is 14.5. The number of aliphatic carboxylic acids is 1. The number of rotatable bonds is 6. The van der Waals surface area contributed by atoms with E-state index in [4.69, 9.17) is 0 Å². The summed E-state index contributed by atoms with van der Waals surface area (Å²) >= 11 is 0. The van der Waals surface area contributed by atoms with Crippen molar-refractivity contribution in [3.05, 3.63) is 53.1 Å². The first kappa shape index (κ1) is 19.1. The second-order valence-corrected chi connectivity index (χ2v) is 7.37. The molecule has 0 aliphatic heterocycles. The molecule has 1 aromatic heterocycles. The summed E-state index contributed by atoms with van der Waals surface area (Å²) in [7, 11) is 0. The van der Waals surface area contributed by atoms with Gasteiger partial charge in [-0.15, -0.1) is 0 Å². The lowest BCUT2D eigenvalue weighted by Gasteiger charge is -2.23. The van der Waals surface area contributed by atoms with Crippen molar-refractivity contribution in [3.8, 4) is 0 Å². The number of H-pyrrole nitrogens is 1. The number of aromatic amines is 1. The van der Waals surface area contributed by atoms with E-state index in [1.807, 2.05) is 13.8 Å². The number of hydrogen-bond acceptors (Lipinski definition) is 3. The van der Waals surface area contributed by atoms with Gasteiger partial charge in [0.15, 0.2) is 0 Å².